The molecule has 0 bridgehead atoms. The first-order valence-corrected chi connectivity index (χ1v) is 13.4. The molecule has 190 valence electrons. The highest BCUT2D eigenvalue weighted by Crippen LogP contribution is 2.26. The molecule has 2 atom stereocenters. The molecule has 6 rings (SSSR count). The van der Waals surface area contributed by atoms with E-state index in [1.54, 1.807) is 0 Å². The minimum absolute atomic E-state index is 0.0530. The van der Waals surface area contributed by atoms with Crippen LogP contribution in [-0.4, -0.2) is 35.0 Å². The second kappa shape index (κ2) is 10.7. The van der Waals surface area contributed by atoms with Gasteiger partial charge in [-0.2, -0.15) is 0 Å². The van der Waals surface area contributed by atoms with E-state index < -0.39 is 0 Å². The van der Waals surface area contributed by atoms with Gasteiger partial charge in [0.15, 0.2) is 0 Å². The third-order valence-corrected chi connectivity index (χ3v) is 7.42. The van der Waals surface area contributed by atoms with Gasteiger partial charge in [0.2, 0.25) is 5.91 Å². The van der Waals surface area contributed by atoms with Crippen LogP contribution in [0.1, 0.15) is 48.7 Å². The van der Waals surface area contributed by atoms with E-state index in [0.717, 1.165) is 68.0 Å². The molecule has 4 N–H and O–H groups in total. The summed E-state index contributed by atoms with van der Waals surface area (Å²) in [5.74, 6) is 1.10. The number of rotatable bonds is 8. The molecule has 7 nitrogen and oxygen atoms in total. The van der Waals surface area contributed by atoms with E-state index in [4.69, 9.17) is 4.98 Å². The van der Waals surface area contributed by atoms with Crippen molar-refractivity contribution >= 4 is 28.3 Å². The van der Waals surface area contributed by atoms with Gasteiger partial charge in [-0.1, -0.05) is 36.4 Å². The van der Waals surface area contributed by atoms with E-state index in [9.17, 15) is 4.79 Å². The van der Waals surface area contributed by atoms with Crippen molar-refractivity contribution in [1.29, 1.82) is 0 Å². The summed E-state index contributed by atoms with van der Waals surface area (Å²) in [4.78, 5) is 23.2. The van der Waals surface area contributed by atoms with Crippen LogP contribution < -0.4 is 20.9 Å². The summed E-state index contributed by atoms with van der Waals surface area (Å²) in [6.07, 6.45) is 4.29. The van der Waals surface area contributed by atoms with Gasteiger partial charge in [0, 0.05) is 24.5 Å². The standard InChI is InChI=1S/C30H34N6O/c37-30(27-9-5-17-32-27)33-23-13-10-21(11-14-23)19-36(24-6-2-1-3-7-24)20-22-12-15-25-28(18-22)35-29(34-25)26-8-4-16-31-26/h1-3,6-7,10-15,18,26-27,31-32H,4-5,8-9,16-17,19-20H2,(H,33,37)(H,34,35)/t26-,27?/m0/s1. The highest BCUT2D eigenvalue weighted by Gasteiger charge is 2.22. The maximum atomic E-state index is 12.4. The van der Waals surface area contributed by atoms with Gasteiger partial charge in [-0.05, 0) is 86.3 Å². The number of hydrogen-bond donors (Lipinski definition) is 4. The number of carbonyl (C=O) groups is 1. The molecule has 2 saturated heterocycles. The smallest absolute Gasteiger partial charge is 0.241 e. The molecular weight excluding hydrogens is 460 g/mol. The molecule has 2 aliphatic heterocycles. The molecule has 0 aliphatic carbocycles. The van der Waals surface area contributed by atoms with Crippen LogP contribution >= 0.6 is 0 Å². The fourth-order valence-corrected chi connectivity index (χ4v) is 5.41. The monoisotopic (exact) mass is 494 g/mol. The molecule has 3 heterocycles. The molecule has 0 spiro atoms. The Hall–Kier alpha value is -3.68. The number of benzene rings is 3. The van der Waals surface area contributed by atoms with Gasteiger partial charge < -0.3 is 25.8 Å². The third-order valence-electron chi connectivity index (χ3n) is 7.42. The Morgan fingerprint density at radius 3 is 2.41 bits per heavy atom. The number of aromatic nitrogens is 2. The number of anilines is 2. The van der Waals surface area contributed by atoms with Crippen LogP contribution in [0.25, 0.3) is 11.0 Å². The van der Waals surface area contributed by atoms with Gasteiger partial charge in [0.05, 0.1) is 23.1 Å². The zero-order valence-electron chi connectivity index (χ0n) is 21.0. The van der Waals surface area contributed by atoms with E-state index in [2.05, 4.69) is 80.4 Å². The van der Waals surface area contributed by atoms with Crippen molar-refractivity contribution < 1.29 is 4.79 Å². The van der Waals surface area contributed by atoms with Crippen molar-refractivity contribution in [2.75, 3.05) is 23.3 Å². The summed E-state index contributed by atoms with van der Waals surface area (Å²) < 4.78 is 0. The largest absolute Gasteiger partial charge is 0.363 e. The van der Waals surface area contributed by atoms with Gasteiger partial charge in [0.25, 0.3) is 0 Å². The highest BCUT2D eigenvalue weighted by molar-refractivity contribution is 5.95. The van der Waals surface area contributed by atoms with Crippen molar-refractivity contribution in [3.63, 3.8) is 0 Å². The van der Waals surface area contributed by atoms with Gasteiger partial charge >= 0.3 is 0 Å². The summed E-state index contributed by atoms with van der Waals surface area (Å²) >= 11 is 0. The number of carbonyl (C=O) groups excluding carboxylic acids is 1. The Kier molecular flexibility index (Phi) is 6.88. The summed E-state index contributed by atoms with van der Waals surface area (Å²) in [5, 5.41) is 9.83. The Bertz CT molecular complexity index is 1340. The number of para-hydroxylation sites is 1. The second-order valence-electron chi connectivity index (χ2n) is 10.1. The SMILES string of the molecule is O=C(Nc1ccc(CN(Cc2ccc3nc([C@@H]4CCCN4)[nH]c3c2)c2ccccc2)cc1)C1CCCN1. The number of nitrogens with zero attached hydrogens (tertiary/aromatic N) is 2. The maximum Gasteiger partial charge on any atom is 0.241 e. The molecule has 2 fully saturated rings. The predicted octanol–water partition coefficient (Wildman–Crippen LogP) is 4.88. The lowest BCUT2D eigenvalue weighted by Gasteiger charge is -2.25. The molecule has 2 aliphatic rings. The van der Waals surface area contributed by atoms with Crippen molar-refractivity contribution in [2.24, 2.45) is 0 Å². The predicted molar refractivity (Wildman–Crippen MR) is 148 cm³/mol. The lowest BCUT2D eigenvalue weighted by molar-refractivity contribution is -0.117. The molecule has 1 amide bonds. The van der Waals surface area contributed by atoms with Crippen LogP contribution in [-0.2, 0) is 17.9 Å². The van der Waals surface area contributed by atoms with Gasteiger partial charge in [-0.3, -0.25) is 4.79 Å². The molecular formula is C30H34N6O. The molecule has 7 heteroatoms. The molecule has 1 unspecified atom stereocenters. The summed E-state index contributed by atoms with van der Waals surface area (Å²) in [6, 6.07) is 25.5. The van der Waals surface area contributed by atoms with Crippen LogP contribution in [0.4, 0.5) is 11.4 Å². The fraction of sp³-hybridized carbons (Fsp3) is 0.333. The number of imidazole rings is 1. The Morgan fingerprint density at radius 1 is 0.892 bits per heavy atom. The van der Waals surface area contributed by atoms with Crippen molar-refractivity contribution in [1.82, 2.24) is 20.6 Å². The van der Waals surface area contributed by atoms with Crippen LogP contribution in [0.5, 0.6) is 0 Å². The lowest BCUT2D eigenvalue weighted by Crippen LogP contribution is -2.35. The molecule has 1 aromatic heterocycles. The number of H-pyrrole nitrogens is 1. The lowest BCUT2D eigenvalue weighted by atomic mass is 10.1. The van der Waals surface area contributed by atoms with Gasteiger partial charge in [-0.25, -0.2) is 4.98 Å². The fourth-order valence-electron chi connectivity index (χ4n) is 5.41. The molecule has 0 saturated carbocycles. The molecule has 0 radical (unpaired) electrons. The Labute approximate surface area is 217 Å². The van der Waals surface area contributed by atoms with Crippen LogP contribution in [0, 0.1) is 0 Å². The zero-order valence-corrected chi connectivity index (χ0v) is 21.0. The molecule has 4 aromatic rings. The van der Waals surface area contributed by atoms with Crippen LogP contribution in [0.15, 0.2) is 72.8 Å². The van der Waals surface area contributed by atoms with E-state index in [1.807, 2.05) is 18.2 Å². The minimum atomic E-state index is -0.0778. The Balaban J connectivity index is 1.18. The zero-order chi connectivity index (χ0) is 25.0. The number of nitrogens with one attached hydrogen (secondary N) is 4. The number of amides is 1. The van der Waals surface area contributed by atoms with Crippen molar-refractivity contribution in [3.05, 3.63) is 89.7 Å². The average molecular weight is 495 g/mol. The second-order valence-corrected chi connectivity index (χ2v) is 10.1. The van der Waals surface area contributed by atoms with Crippen LogP contribution in [0.3, 0.4) is 0 Å². The third kappa shape index (κ3) is 5.53. The van der Waals surface area contributed by atoms with Gasteiger partial charge in [-0.15, -0.1) is 0 Å². The maximum absolute atomic E-state index is 12.4. The first-order chi connectivity index (χ1) is 18.2. The highest BCUT2D eigenvalue weighted by atomic mass is 16.2. The van der Waals surface area contributed by atoms with E-state index >= 15 is 0 Å². The summed E-state index contributed by atoms with van der Waals surface area (Å²) in [5.41, 5.74) is 6.55. The quantitative estimate of drug-likeness (QED) is 0.280. The minimum Gasteiger partial charge on any atom is -0.363 e. The normalized spacial score (nSPS) is 19.4. The van der Waals surface area contributed by atoms with E-state index in [-0.39, 0.29) is 11.9 Å². The number of fused-ring (bicyclic) bond motifs is 1. The van der Waals surface area contributed by atoms with Crippen molar-refractivity contribution in [3.8, 4) is 0 Å². The topological polar surface area (TPSA) is 85.1 Å². The average Bonchev–Trinajstić information content (AvgIpc) is 3.71. The number of aromatic amines is 1. The molecule has 37 heavy (non-hydrogen) atoms. The van der Waals surface area contributed by atoms with E-state index in [1.165, 1.54) is 23.2 Å². The summed E-state index contributed by atoms with van der Waals surface area (Å²) in [7, 11) is 0. The first kappa shape index (κ1) is 23.7. The van der Waals surface area contributed by atoms with E-state index in [0.29, 0.717) is 6.04 Å². The molecule has 3 aromatic carbocycles. The van der Waals surface area contributed by atoms with Crippen LogP contribution in [0.2, 0.25) is 0 Å². The van der Waals surface area contributed by atoms with Crippen molar-refractivity contribution in [2.45, 2.75) is 50.9 Å². The number of hydrogen-bond acceptors (Lipinski definition) is 5. The summed E-state index contributed by atoms with van der Waals surface area (Å²) in [6.45, 7) is 3.52. The first-order valence-electron chi connectivity index (χ1n) is 13.4. The Morgan fingerprint density at radius 2 is 1.65 bits per heavy atom. The van der Waals surface area contributed by atoms with Gasteiger partial charge in [0.1, 0.15) is 5.82 Å².